The lowest BCUT2D eigenvalue weighted by molar-refractivity contribution is -0.709. The van der Waals surface area contributed by atoms with Gasteiger partial charge in [-0.25, -0.2) is 9.13 Å². The van der Waals surface area contributed by atoms with Gasteiger partial charge in [0.15, 0.2) is 37.9 Å². The van der Waals surface area contributed by atoms with Gasteiger partial charge in [-0.3, -0.25) is 0 Å². The monoisotopic (exact) mass is 730 g/mol. The molecule has 5 rings (SSSR count). The molecule has 0 aliphatic heterocycles. The second-order valence-corrected chi connectivity index (χ2v) is 11.4. The number of pyridine rings is 2. The fourth-order valence-corrected chi connectivity index (χ4v) is 5.68. The first-order valence-electron chi connectivity index (χ1n) is 12.1. The van der Waals surface area contributed by atoms with E-state index in [0.29, 0.717) is 31.9 Å². The predicted octanol–water partition coefficient (Wildman–Crippen LogP) is 1.76. The first-order chi connectivity index (χ1) is 17.7. The first kappa shape index (κ1) is 32.0. The highest BCUT2D eigenvalue weighted by Gasteiger charge is 2.42. The van der Waals surface area contributed by atoms with Crippen LogP contribution in [0.1, 0.15) is 6.42 Å². The van der Waals surface area contributed by atoms with Crippen LogP contribution in [0.4, 0.5) is 22.7 Å². The predicted molar refractivity (Wildman–Crippen MR) is 154 cm³/mol. The summed E-state index contributed by atoms with van der Waals surface area (Å²) in [5, 5.41) is 2.52. The van der Waals surface area contributed by atoms with Crippen LogP contribution in [0.5, 0.6) is 0 Å². The number of nitrogens with zero attached hydrogens (tertiary/aromatic N) is 4. The molecule has 10 heteroatoms. The van der Waals surface area contributed by atoms with Gasteiger partial charge < -0.3 is 43.8 Å². The van der Waals surface area contributed by atoms with Crippen molar-refractivity contribution in [1.82, 2.24) is 0 Å². The molecule has 0 radical (unpaired) electrons. The summed E-state index contributed by atoms with van der Waals surface area (Å²) < 4.78 is 4.54. The highest BCUT2D eigenvalue weighted by atomic mass is 79.9. The van der Waals surface area contributed by atoms with E-state index in [1.54, 1.807) is 12.1 Å². The van der Waals surface area contributed by atoms with E-state index in [9.17, 15) is 0 Å². The number of aromatic nitrogens is 2. The van der Waals surface area contributed by atoms with E-state index in [2.05, 4.69) is 68.0 Å². The average Bonchev–Trinajstić information content (AvgIpc) is 3.59. The molecule has 2 heterocycles. The molecule has 0 unspecified atom stereocenters. The highest BCUT2D eigenvalue weighted by Crippen LogP contribution is 2.39. The molecule has 0 bridgehead atoms. The van der Waals surface area contributed by atoms with Gasteiger partial charge in [-0.1, -0.05) is 46.4 Å². The van der Waals surface area contributed by atoms with Gasteiger partial charge in [-0.15, -0.1) is 0 Å². The summed E-state index contributed by atoms with van der Waals surface area (Å²) >= 11 is 24.7. The Morgan fingerprint density at radius 3 is 1.18 bits per heavy atom. The standard InChI is InChI=1S/C29H28Cl4N4.2BrH/c1-34(28-14-22(30)12-23(31)15-28)26-3-7-36(8-4-26)18-20-11-21(20)19-37-9-5-27(6-10-37)35(2)29-16-24(32)13-25(33)17-29;;/h3-10,12-17,20-21H,11,18-19H2,1-2H3;2*1H/q+2;;/p-2/t20-,21-;;/m0../s1. The molecule has 4 nitrogen and oxygen atoms in total. The van der Waals surface area contributed by atoms with Crippen molar-refractivity contribution < 1.29 is 43.1 Å². The molecule has 1 aliphatic rings. The minimum Gasteiger partial charge on any atom is -1.00 e. The molecule has 1 aliphatic carbocycles. The topological polar surface area (TPSA) is 14.2 Å². The van der Waals surface area contributed by atoms with Crippen molar-refractivity contribution in [3.63, 3.8) is 0 Å². The van der Waals surface area contributed by atoms with Crippen LogP contribution in [0.25, 0.3) is 0 Å². The summed E-state index contributed by atoms with van der Waals surface area (Å²) in [6.07, 6.45) is 9.83. The van der Waals surface area contributed by atoms with Crippen molar-refractivity contribution in [3.8, 4) is 0 Å². The summed E-state index contributed by atoms with van der Waals surface area (Å²) in [5.74, 6) is 1.37. The van der Waals surface area contributed by atoms with Gasteiger partial charge in [0.1, 0.15) is 0 Å². The first-order valence-corrected chi connectivity index (χ1v) is 13.6. The van der Waals surface area contributed by atoms with Crippen molar-refractivity contribution in [2.75, 3.05) is 23.9 Å². The summed E-state index contributed by atoms with van der Waals surface area (Å²) in [6.45, 7) is 2.04. The van der Waals surface area contributed by atoms with Crippen molar-refractivity contribution in [2.24, 2.45) is 11.8 Å². The second-order valence-electron chi connectivity index (χ2n) is 9.64. The quantitative estimate of drug-likeness (QED) is 0.257. The Balaban J connectivity index is 0.00000210. The van der Waals surface area contributed by atoms with Gasteiger partial charge in [-0.05, 0) is 42.8 Å². The molecule has 206 valence electrons. The summed E-state index contributed by atoms with van der Waals surface area (Å²) in [4.78, 5) is 4.17. The minimum absolute atomic E-state index is 0. The van der Waals surface area contributed by atoms with Gasteiger partial charge in [-0.2, -0.15) is 0 Å². The van der Waals surface area contributed by atoms with Crippen LogP contribution in [0.2, 0.25) is 20.1 Å². The molecule has 1 saturated carbocycles. The number of halogens is 6. The second kappa shape index (κ2) is 13.9. The van der Waals surface area contributed by atoms with Crippen LogP contribution >= 0.6 is 46.4 Å². The number of hydrogen-bond donors (Lipinski definition) is 0. The number of hydrogen-bond acceptors (Lipinski definition) is 2. The van der Waals surface area contributed by atoms with E-state index in [1.165, 1.54) is 6.42 Å². The number of benzene rings is 2. The molecular formula is C29H28Br2Cl4N4. The van der Waals surface area contributed by atoms with Crippen molar-refractivity contribution >= 4 is 69.2 Å². The summed E-state index contributed by atoms with van der Waals surface area (Å²) in [5.41, 5.74) is 4.09. The zero-order valence-electron chi connectivity index (χ0n) is 21.4. The third-order valence-corrected chi connectivity index (χ3v) is 7.82. The lowest BCUT2D eigenvalue weighted by Gasteiger charge is -2.19. The van der Waals surface area contributed by atoms with Gasteiger partial charge in [0.25, 0.3) is 0 Å². The van der Waals surface area contributed by atoms with E-state index in [4.69, 9.17) is 46.4 Å². The minimum atomic E-state index is 0. The fourth-order valence-electron chi connectivity index (χ4n) is 4.65. The smallest absolute Gasteiger partial charge is 0.170 e. The third-order valence-electron chi connectivity index (χ3n) is 6.95. The maximum atomic E-state index is 6.17. The Bertz CT molecular complexity index is 1260. The number of anilines is 4. The molecule has 2 atom stereocenters. The Morgan fingerprint density at radius 2 is 0.872 bits per heavy atom. The van der Waals surface area contributed by atoms with Gasteiger partial charge in [0.2, 0.25) is 0 Å². The Kier molecular flexibility index (Phi) is 11.4. The van der Waals surface area contributed by atoms with Crippen LogP contribution in [-0.4, -0.2) is 14.1 Å². The molecule has 4 aromatic rings. The van der Waals surface area contributed by atoms with E-state index in [0.717, 1.165) is 35.8 Å². The fraction of sp³-hybridized carbons (Fsp3) is 0.241. The molecule has 2 aromatic carbocycles. The highest BCUT2D eigenvalue weighted by molar-refractivity contribution is 6.35. The molecular weight excluding hydrogens is 706 g/mol. The van der Waals surface area contributed by atoms with Crippen LogP contribution in [0.3, 0.4) is 0 Å². The van der Waals surface area contributed by atoms with Crippen molar-refractivity contribution in [3.05, 3.63) is 106 Å². The zero-order valence-corrected chi connectivity index (χ0v) is 27.6. The third kappa shape index (κ3) is 8.25. The van der Waals surface area contributed by atoms with E-state index in [-0.39, 0.29) is 34.0 Å². The largest absolute Gasteiger partial charge is 1.00 e. The molecule has 1 fully saturated rings. The number of rotatable bonds is 8. The lowest BCUT2D eigenvalue weighted by atomic mass is 10.2. The van der Waals surface area contributed by atoms with Crippen molar-refractivity contribution in [2.45, 2.75) is 19.5 Å². The summed E-state index contributed by atoms with van der Waals surface area (Å²) in [7, 11) is 4.03. The van der Waals surface area contributed by atoms with Gasteiger partial charge >= 0.3 is 0 Å². The normalized spacial score (nSPS) is 15.6. The molecule has 0 saturated heterocycles. The molecule has 0 spiro atoms. The maximum absolute atomic E-state index is 6.17. The maximum Gasteiger partial charge on any atom is 0.170 e. The van der Waals surface area contributed by atoms with Crippen molar-refractivity contribution in [1.29, 1.82) is 0 Å². The SMILES string of the molecule is CN(c1cc[n+](C[C@@H]2C[C@H]2C[n+]2ccc(N(C)c3cc(Cl)cc(Cl)c3)cc2)cc1)c1cc(Cl)cc(Cl)c1.[Br-].[Br-]. The van der Waals surface area contributed by atoms with E-state index in [1.807, 2.05) is 38.4 Å². The molecule has 39 heavy (non-hydrogen) atoms. The molecule has 2 aromatic heterocycles. The van der Waals surface area contributed by atoms with Gasteiger partial charge in [0, 0.05) is 81.7 Å². The summed E-state index contributed by atoms with van der Waals surface area (Å²) in [6, 6.07) is 19.7. The van der Waals surface area contributed by atoms with Crippen LogP contribution in [0.15, 0.2) is 85.5 Å². The lowest BCUT2D eigenvalue weighted by Crippen LogP contribution is -3.00. The zero-order chi connectivity index (χ0) is 26.1. The molecule has 0 N–H and O–H groups in total. The average molecular weight is 734 g/mol. The Labute approximate surface area is 271 Å². The Morgan fingerprint density at radius 1 is 0.564 bits per heavy atom. The van der Waals surface area contributed by atoms with E-state index < -0.39 is 0 Å². The van der Waals surface area contributed by atoms with Gasteiger partial charge in [0.05, 0.1) is 11.4 Å². The van der Waals surface area contributed by atoms with Crippen LogP contribution in [0, 0.1) is 11.8 Å². The van der Waals surface area contributed by atoms with Crippen LogP contribution < -0.4 is 52.9 Å². The molecule has 0 amide bonds. The van der Waals surface area contributed by atoms with Crippen LogP contribution in [-0.2, 0) is 13.1 Å². The Hall–Kier alpha value is -1.54. The van der Waals surface area contributed by atoms with E-state index >= 15 is 0 Å².